The average Bonchev–Trinajstić information content (AvgIpc) is 3.27. The Balaban J connectivity index is 1.60. The molecule has 1 aromatic carbocycles. The first-order valence-corrected chi connectivity index (χ1v) is 12.4. The van der Waals surface area contributed by atoms with Gasteiger partial charge in [0.1, 0.15) is 0 Å². The van der Waals surface area contributed by atoms with E-state index < -0.39 is 9.84 Å². The summed E-state index contributed by atoms with van der Waals surface area (Å²) in [4.78, 5) is 19.6. The normalized spacial score (nSPS) is 25.1. The van der Waals surface area contributed by atoms with E-state index in [2.05, 4.69) is 4.99 Å². The maximum Gasteiger partial charge on any atom is 0.253 e. The quantitative estimate of drug-likeness (QED) is 0.730. The fourth-order valence-corrected chi connectivity index (χ4v) is 8.20. The van der Waals surface area contributed by atoms with Crippen molar-refractivity contribution in [3.05, 3.63) is 57.2 Å². The third-order valence-corrected chi connectivity index (χ3v) is 9.09. The topological polar surface area (TPSA) is 66.8 Å². The molecule has 2 atom stereocenters. The molecule has 0 saturated carbocycles. The molecule has 0 radical (unpaired) electrons. The van der Waals surface area contributed by atoms with Crippen molar-refractivity contribution in [1.29, 1.82) is 0 Å². The van der Waals surface area contributed by atoms with Crippen molar-refractivity contribution in [2.75, 3.05) is 11.5 Å². The maximum atomic E-state index is 12.4. The van der Waals surface area contributed by atoms with Gasteiger partial charge in [-0.2, -0.15) is 4.99 Å². The van der Waals surface area contributed by atoms with Crippen LogP contribution < -0.4 is 0 Å². The molecule has 3 heterocycles. The zero-order valence-corrected chi connectivity index (χ0v) is 17.5. The first kappa shape index (κ1) is 19.0. The summed E-state index contributed by atoms with van der Waals surface area (Å²) in [6, 6.07) is 11.1. The zero-order chi connectivity index (χ0) is 19.0. The van der Waals surface area contributed by atoms with Crippen LogP contribution in [0.15, 0.2) is 46.8 Å². The van der Waals surface area contributed by atoms with E-state index in [4.69, 9.17) is 11.6 Å². The number of amides is 1. The second kappa shape index (κ2) is 7.58. The molecule has 1 amide bonds. The van der Waals surface area contributed by atoms with E-state index in [-0.39, 0.29) is 35.1 Å². The lowest BCUT2D eigenvalue weighted by Gasteiger charge is -2.24. The number of rotatable bonds is 4. The molecular weight excluding hydrogens is 424 g/mol. The van der Waals surface area contributed by atoms with Gasteiger partial charge in [-0.05, 0) is 23.1 Å². The van der Waals surface area contributed by atoms with Crippen molar-refractivity contribution >= 4 is 55.6 Å². The highest BCUT2D eigenvalue weighted by Gasteiger charge is 2.48. The summed E-state index contributed by atoms with van der Waals surface area (Å²) in [6.45, 7) is 0.439. The van der Waals surface area contributed by atoms with Gasteiger partial charge in [0.15, 0.2) is 15.0 Å². The van der Waals surface area contributed by atoms with Gasteiger partial charge in [-0.1, -0.05) is 47.6 Å². The van der Waals surface area contributed by atoms with Gasteiger partial charge < -0.3 is 4.90 Å². The summed E-state index contributed by atoms with van der Waals surface area (Å²) in [5.74, 6) is -0.000773. The molecule has 2 aliphatic heterocycles. The monoisotopic (exact) mass is 440 g/mol. The second-order valence-electron chi connectivity index (χ2n) is 6.56. The number of carbonyl (C=O) groups excluding carboxylic acids is 1. The Bertz CT molecular complexity index is 989. The van der Waals surface area contributed by atoms with E-state index in [0.717, 1.165) is 10.4 Å². The first-order chi connectivity index (χ1) is 12.9. The molecular formula is C18H17ClN2O3S3. The smallest absolute Gasteiger partial charge is 0.253 e. The van der Waals surface area contributed by atoms with Crippen molar-refractivity contribution in [3.63, 3.8) is 0 Å². The predicted molar refractivity (Wildman–Crippen MR) is 111 cm³/mol. The standard InChI is InChI=1S/C18H17ClN2O3S3/c19-14-6-2-1-4-12(14)9-21-15-10-27(23,24)11-16(15)26-18(21)20-17(22)8-13-5-3-7-25-13/h1-7,15-16H,8-11H2/t15-,16+/m1/s1. The number of sulfone groups is 1. The van der Waals surface area contributed by atoms with Crippen LogP contribution in [0.3, 0.4) is 0 Å². The number of thiophene rings is 1. The van der Waals surface area contributed by atoms with E-state index in [9.17, 15) is 13.2 Å². The number of halogens is 1. The number of benzene rings is 1. The highest BCUT2D eigenvalue weighted by atomic mass is 35.5. The molecule has 9 heteroatoms. The summed E-state index contributed by atoms with van der Waals surface area (Å²) in [5, 5.41) is 3.06. The van der Waals surface area contributed by atoms with Gasteiger partial charge in [-0.25, -0.2) is 8.42 Å². The third-order valence-electron chi connectivity index (χ3n) is 4.60. The first-order valence-electron chi connectivity index (χ1n) is 8.42. The molecule has 0 spiro atoms. The number of hydrogen-bond acceptors (Lipinski definition) is 5. The largest absolute Gasteiger partial charge is 0.342 e. The number of nitrogens with zero attached hydrogens (tertiary/aromatic N) is 2. The number of fused-ring (bicyclic) bond motifs is 1. The molecule has 27 heavy (non-hydrogen) atoms. The summed E-state index contributed by atoms with van der Waals surface area (Å²) < 4.78 is 24.2. The number of amidine groups is 1. The number of hydrogen-bond donors (Lipinski definition) is 0. The highest BCUT2D eigenvalue weighted by molar-refractivity contribution is 8.15. The van der Waals surface area contributed by atoms with Crippen LogP contribution >= 0.6 is 34.7 Å². The van der Waals surface area contributed by atoms with Gasteiger partial charge in [0.25, 0.3) is 5.91 Å². The fraction of sp³-hybridized carbons (Fsp3) is 0.333. The zero-order valence-electron chi connectivity index (χ0n) is 14.2. The number of aliphatic imine (C=N–C) groups is 1. The van der Waals surface area contributed by atoms with E-state index in [0.29, 0.717) is 16.7 Å². The molecule has 2 aliphatic rings. The molecule has 0 aliphatic carbocycles. The fourth-order valence-electron chi connectivity index (χ4n) is 3.34. The van der Waals surface area contributed by atoms with E-state index in [1.807, 2.05) is 46.7 Å². The molecule has 142 valence electrons. The van der Waals surface area contributed by atoms with E-state index >= 15 is 0 Å². The van der Waals surface area contributed by atoms with Crippen molar-refractivity contribution in [3.8, 4) is 0 Å². The van der Waals surface area contributed by atoms with Gasteiger partial charge in [-0.3, -0.25) is 4.79 Å². The van der Waals surface area contributed by atoms with Crippen LogP contribution in [0, 0.1) is 0 Å². The van der Waals surface area contributed by atoms with Crippen molar-refractivity contribution in [1.82, 2.24) is 4.90 Å². The summed E-state index contributed by atoms with van der Waals surface area (Å²) in [6.07, 6.45) is 0.259. The molecule has 2 aromatic rings. The van der Waals surface area contributed by atoms with Crippen LogP contribution in [-0.2, 0) is 27.6 Å². The minimum absolute atomic E-state index is 0.0905. The summed E-state index contributed by atoms with van der Waals surface area (Å²) in [7, 11) is -3.07. The van der Waals surface area contributed by atoms with Crippen LogP contribution in [0.2, 0.25) is 5.02 Å². The molecule has 2 saturated heterocycles. The predicted octanol–water partition coefficient (Wildman–Crippen LogP) is 3.24. The van der Waals surface area contributed by atoms with E-state index in [1.165, 1.54) is 23.1 Å². The van der Waals surface area contributed by atoms with Crippen molar-refractivity contribution in [2.24, 2.45) is 4.99 Å². The minimum atomic E-state index is -3.07. The summed E-state index contributed by atoms with van der Waals surface area (Å²) in [5.41, 5.74) is 0.892. The average molecular weight is 441 g/mol. The van der Waals surface area contributed by atoms with Crippen LogP contribution in [0.5, 0.6) is 0 Å². The van der Waals surface area contributed by atoms with Crippen LogP contribution in [0.25, 0.3) is 0 Å². The van der Waals surface area contributed by atoms with Gasteiger partial charge in [0.2, 0.25) is 0 Å². The number of thioether (sulfide) groups is 1. The van der Waals surface area contributed by atoms with Crippen molar-refractivity contribution in [2.45, 2.75) is 24.3 Å². The Hall–Kier alpha value is -1.35. The Morgan fingerprint density at radius 2 is 2.04 bits per heavy atom. The molecule has 0 unspecified atom stereocenters. The SMILES string of the molecule is O=C(Cc1cccs1)N=C1S[C@H]2CS(=O)(=O)C[C@H]2N1Cc1ccccc1Cl. The lowest BCUT2D eigenvalue weighted by atomic mass is 10.1. The van der Waals surface area contributed by atoms with Crippen LogP contribution in [-0.4, -0.2) is 47.2 Å². The Labute approximate surface area is 171 Å². The van der Waals surface area contributed by atoms with Crippen LogP contribution in [0.4, 0.5) is 0 Å². The Morgan fingerprint density at radius 3 is 2.78 bits per heavy atom. The van der Waals surface area contributed by atoms with Crippen LogP contribution in [0.1, 0.15) is 10.4 Å². The molecule has 1 aromatic heterocycles. The minimum Gasteiger partial charge on any atom is -0.342 e. The highest BCUT2D eigenvalue weighted by Crippen LogP contribution is 2.39. The molecule has 4 rings (SSSR count). The second-order valence-corrected chi connectivity index (χ2v) is 11.4. The number of carbonyl (C=O) groups is 1. The molecule has 5 nitrogen and oxygen atoms in total. The molecule has 2 fully saturated rings. The van der Waals surface area contributed by atoms with E-state index in [1.54, 1.807) is 0 Å². The Morgan fingerprint density at radius 1 is 1.22 bits per heavy atom. The molecule has 0 N–H and O–H groups in total. The van der Waals surface area contributed by atoms with Gasteiger partial charge in [0.05, 0.1) is 24.0 Å². The van der Waals surface area contributed by atoms with Gasteiger partial charge in [0, 0.05) is 21.7 Å². The lowest BCUT2D eigenvalue weighted by Crippen LogP contribution is -2.37. The summed E-state index contributed by atoms with van der Waals surface area (Å²) >= 11 is 9.21. The maximum absolute atomic E-state index is 12.4. The van der Waals surface area contributed by atoms with Gasteiger partial charge >= 0.3 is 0 Å². The third kappa shape index (κ3) is 4.23. The Kier molecular flexibility index (Phi) is 5.33. The van der Waals surface area contributed by atoms with Crippen molar-refractivity contribution < 1.29 is 13.2 Å². The van der Waals surface area contributed by atoms with Gasteiger partial charge in [-0.15, -0.1) is 11.3 Å². The lowest BCUT2D eigenvalue weighted by molar-refractivity contribution is -0.117. The molecule has 0 bridgehead atoms.